The van der Waals surface area contributed by atoms with Crippen LogP contribution in [0.25, 0.3) is 11.2 Å². The van der Waals surface area contributed by atoms with Crippen LogP contribution in [0.3, 0.4) is 0 Å². The van der Waals surface area contributed by atoms with E-state index < -0.39 is 64.7 Å². The Morgan fingerprint density at radius 1 is 0.933 bits per heavy atom. The highest BCUT2D eigenvalue weighted by molar-refractivity contribution is 7.61. The van der Waals surface area contributed by atoms with Gasteiger partial charge in [0, 0.05) is 22.3 Å². The van der Waals surface area contributed by atoms with Gasteiger partial charge in [0.05, 0.1) is 19.5 Å². The third kappa shape index (κ3) is 5.92. The minimum absolute atomic E-state index is 0.0509. The first-order chi connectivity index (χ1) is 21.2. The number of anilines is 1. The Kier molecular flexibility index (Phi) is 7.91. The lowest BCUT2D eigenvalue weighted by Crippen LogP contribution is -2.33. The van der Waals surface area contributed by atoms with E-state index in [0.29, 0.717) is 0 Å². The van der Waals surface area contributed by atoms with Gasteiger partial charge in [-0.3, -0.25) is 33.0 Å². The average molecular weight is 663 g/mol. The van der Waals surface area contributed by atoms with E-state index in [1.807, 2.05) is 0 Å². The average Bonchev–Trinajstić information content (AvgIpc) is 3.53. The van der Waals surface area contributed by atoms with Crippen molar-refractivity contribution in [1.82, 2.24) is 19.5 Å². The number of nitrogens with one attached hydrogen (secondary N) is 1. The van der Waals surface area contributed by atoms with Gasteiger partial charge >= 0.3 is 15.6 Å². The van der Waals surface area contributed by atoms with Crippen LogP contribution in [0.5, 0.6) is 0 Å². The predicted molar refractivity (Wildman–Crippen MR) is 150 cm³/mol. The van der Waals surface area contributed by atoms with Gasteiger partial charge in [-0.05, 0) is 17.7 Å². The number of fused-ring (bicyclic) bond motifs is 3. The fourth-order valence-corrected chi connectivity index (χ4v) is 7.03. The fourth-order valence-electron chi connectivity index (χ4n) is 4.96. The van der Waals surface area contributed by atoms with Crippen LogP contribution in [0.4, 0.5) is 5.95 Å². The first-order valence-electron chi connectivity index (χ1n) is 13.0. The summed E-state index contributed by atoms with van der Waals surface area (Å²) in [6.07, 6.45) is -5.10. The number of nitrogens with zero attached hydrogens (tertiary/aromatic N) is 3. The van der Waals surface area contributed by atoms with Crippen LogP contribution in [0.1, 0.15) is 43.6 Å². The Balaban J connectivity index is 1.08. The van der Waals surface area contributed by atoms with Crippen LogP contribution in [0.2, 0.25) is 0 Å². The number of rotatable bonds is 9. The summed E-state index contributed by atoms with van der Waals surface area (Å²) >= 11 is 0. The summed E-state index contributed by atoms with van der Waals surface area (Å²) in [5.41, 5.74) is 5.49. The smallest absolute Gasteiger partial charge is 0.387 e. The molecule has 18 nitrogen and oxygen atoms in total. The quantitative estimate of drug-likeness (QED) is 0.117. The summed E-state index contributed by atoms with van der Waals surface area (Å²) < 4.78 is 45.5. The van der Waals surface area contributed by atoms with Crippen LogP contribution >= 0.6 is 15.6 Å². The highest BCUT2D eigenvalue weighted by Crippen LogP contribution is 2.61. The van der Waals surface area contributed by atoms with E-state index in [1.165, 1.54) is 30.3 Å². The number of phosphoric ester groups is 2. The Hall–Kier alpha value is -3.93. The SMILES string of the molecule is Nc1nc2c(ncn2[C@@H]2O[C@H](COP(=O)(O)OP(=O)(O)OCc3ccc4c(c3)C(=O)c3ccccc3C4=O)[C@@H](O)[C@H]2O)c(=O)[nH]1. The molecule has 4 aromatic rings. The number of ketones is 2. The number of carbonyl (C=O) groups is 2. The number of hydrogen-bond donors (Lipinski definition) is 6. The second-order valence-corrected chi connectivity index (χ2v) is 13.0. The molecule has 1 aliphatic carbocycles. The lowest BCUT2D eigenvalue weighted by Gasteiger charge is -2.20. The minimum Gasteiger partial charge on any atom is -0.387 e. The van der Waals surface area contributed by atoms with Gasteiger partial charge in [-0.25, -0.2) is 14.1 Å². The maximum atomic E-state index is 12.9. The monoisotopic (exact) mass is 663 g/mol. The standard InChI is InChI=1S/C25H23N5O13P2/c26-25-28-22-17(23(35)29-25)27-10-30(22)24-21(34)20(33)16(42-24)9-41-45(38,39)43-44(36,37)40-8-11-5-6-14-15(7-11)19(32)13-4-2-1-3-12(13)18(14)31/h1-7,10,16,20-21,24,33-34H,8-9H2,(H,36,37)(H,38,39)(H3,26,28,29,35)/t16-,20-,21-,24-/m1/s1. The van der Waals surface area contributed by atoms with Crippen LogP contribution in [0.15, 0.2) is 53.6 Å². The summed E-state index contributed by atoms with van der Waals surface area (Å²) in [5.74, 6) is -1.05. The Morgan fingerprint density at radius 3 is 2.29 bits per heavy atom. The largest absolute Gasteiger partial charge is 0.481 e. The van der Waals surface area contributed by atoms with Crippen molar-refractivity contribution in [2.24, 2.45) is 0 Å². The highest BCUT2D eigenvalue weighted by Gasteiger charge is 2.46. The fraction of sp³-hybridized carbons (Fsp3) is 0.240. The van der Waals surface area contributed by atoms with Crippen LogP contribution in [-0.4, -0.2) is 76.0 Å². The second kappa shape index (κ2) is 11.5. The molecule has 2 aromatic heterocycles. The number of aromatic nitrogens is 4. The van der Waals surface area contributed by atoms with Gasteiger partial charge in [0.1, 0.15) is 18.3 Å². The number of nitrogen functional groups attached to an aromatic ring is 1. The number of ether oxygens (including phenoxy) is 1. The molecule has 0 amide bonds. The van der Waals surface area contributed by atoms with Crippen molar-refractivity contribution in [2.45, 2.75) is 31.1 Å². The van der Waals surface area contributed by atoms with E-state index in [4.69, 9.17) is 19.5 Å². The molecule has 2 unspecified atom stereocenters. The number of nitrogens with two attached hydrogens (primary N) is 1. The minimum atomic E-state index is -5.34. The molecule has 0 spiro atoms. The van der Waals surface area contributed by atoms with Gasteiger partial charge in [-0.2, -0.15) is 9.29 Å². The lowest BCUT2D eigenvalue weighted by atomic mass is 9.83. The maximum absolute atomic E-state index is 12.9. The number of aliphatic hydroxyl groups is 2. The van der Waals surface area contributed by atoms with Gasteiger partial charge in [0.15, 0.2) is 29.0 Å². The molecule has 1 saturated heterocycles. The summed E-state index contributed by atoms with van der Waals surface area (Å²) in [4.78, 5) is 67.9. The van der Waals surface area contributed by atoms with E-state index >= 15 is 0 Å². The predicted octanol–water partition coefficient (Wildman–Crippen LogP) is 0.547. The van der Waals surface area contributed by atoms with Crippen molar-refractivity contribution >= 4 is 44.3 Å². The Labute approximate surface area is 251 Å². The molecule has 2 aromatic carbocycles. The molecule has 2 aliphatic rings. The van der Waals surface area contributed by atoms with Crippen molar-refractivity contribution < 1.29 is 56.8 Å². The number of hydrogen-bond acceptors (Lipinski definition) is 14. The van der Waals surface area contributed by atoms with Crippen molar-refractivity contribution in [1.29, 1.82) is 0 Å². The van der Waals surface area contributed by atoms with Crippen LogP contribution < -0.4 is 11.3 Å². The molecule has 6 atom stereocenters. The van der Waals surface area contributed by atoms with Crippen molar-refractivity contribution in [3.8, 4) is 0 Å². The van der Waals surface area contributed by atoms with Crippen LogP contribution in [-0.2, 0) is 33.8 Å². The molecule has 236 valence electrons. The van der Waals surface area contributed by atoms with Gasteiger partial charge in [0.2, 0.25) is 5.95 Å². The molecular weight excluding hydrogens is 640 g/mol. The summed E-state index contributed by atoms with van der Waals surface area (Å²) in [6, 6.07) is 10.3. The number of phosphoric acid groups is 2. The van der Waals surface area contributed by atoms with Crippen molar-refractivity contribution in [3.05, 3.63) is 87.0 Å². The summed E-state index contributed by atoms with van der Waals surface area (Å²) in [6.45, 7) is -1.57. The number of aliphatic hydroxyl groups excluding tert-OH is 2. The summed E-state index contributed by atoms with van der Waals surface area (Å²) in [5, 5.41) is 20.9. The van der Waals surface area contributed by atoms with E-state index in [2.05, 4.69) is 19.3 Å². The number of aromatic amines is 1. The molecule has 45 heavy (non-hydrogen) atoms. The van der Waals surface area contributed by atoms with Crippen molar-refractivity contribution in [3.63, 3.8) is 0 Å². The molecule has 3 heterocycles. The highest BCUT2D eigenvalue weighted by atomic mass is 31.3. The van der Waals surface area contributed by atoms with Crippen molar-refractivity contribution in [2.75, 3.05) is 12.3 Å². The molecule has 1 fully saturated rings. The molecular formula is C25H23N5O13P2. The van der Waals surface area contributed by atoms with Crippen LogP contribution in [0, 0.1) is 0 Å². The number of imidazole rings is 1. The van der Waals surface area contributed by atoms with Gasteiger partial charge in [-0.15, -0.1) is 0 Å². The number of H-pyrrole nitrogens is 1. The Morgan fingerprint density at radius 2 is 1.58 bits per heavy atom. The van der Waals surface area contributed by atoms with E-state index in [9.17, 15) is 43.5 Å². The zero-order valence-electron chi connectivity index (χ0n) is 22.6. The molecule has 7 N–H and O–H groups in total. The molecule has 0 bridgehead atoms. The third-order valence-electron chi connectivity index (χ3n) is 7.05. The van der Waals surface area contributed by atoms with Gasteiger partial charge < -0.3 is 30.5 Å². The molecule has 1 aliphatic heterocycles. The third-order valence-corrected chi connectivity index (χ3v) is 9.64. The zero-order valence-corrected chi connectivity index (χ0v) is 24.4. The Bertz CT molecular complexity index is 2010. The van der Waals surface area contributed by atoms with E-state index in [0.717, 1.165) is 10.9 Å². The topological polar surface area (TPSA) is 276 Å². The zero-order chi connectivity index (χ0) is 32.3. The lowest BCUT2D eigenvalue weighted by molar-refractivity contribution is -0.0504. The summed E-state index contributed by atoms with van der Waals surface area (Å²) in [7, 11) is -10.6. The molecule has 20 heteroatoms. The van der Waals surface area contributed by atoms with Gasteiger partial charge in [0.25, 0.3) is 5.56 Å². The number of benzene rings is 2. The van der Waals surface area contributed by atoms with E-state index in [-0.39, 0.29) is 50.7 Å². The van der Waals surface area contributed by atoms with Gasteiger partial charge in [-0.1, -0.05) is 30.3 Å². The second-order valence-electron chi connectivity index (χ2n) is 9.99. The maximum Gasteiger partial charge on any atom is 0.481 e. The molecule has 6 rings (SSSR count). The number of carbonyl (C=O) groups excluding carboxylic acids is 2. The van der Waals surface area contributed by atoms with E-state index in [1.54, 1.807) is 12.1 Å². The molecule has 0 radical (unpaired) electrons. The first kappa shape index (κ1) is 31.1. The first-order valence-corrected chi connectivity index (χ1v) is 15.9. The molecule has 0 saturated carbocycles. The normalized spacial score (nSPS) is 23.8.